The van der Waals surface area contributed by atoms with Crippen LogP contribution in [-0.4, -0.2) is 29.6 Å². The average Bonchev–Trinajstić information content (AvgIpc) is 2.98. The maximum Gasteiger partial charge on any atom is 0.329 e. The van der Waals surface area contributed by atoms with E-state index in [9.17, 15) is 14.7 Å². The van der Waals surface area contributed by atoms with Crippen molar-refractivity contribution in [1.82, 2.24) is 5.32 Å². The molecule has 0 bridgehead atoms. The summed E-state index contributed by atoms with van der Waals surface area (Å²) in [6.07, 6.45) is 4.63. The van der Waals surface area contributed by atoms with Gasteiger partial charge in [-0.05, 0) is 43.4 Å². The molecule has 1 aliphatic carbocycles. The number of rotatable bonds is 7. The average molecular weight is 305 g/mol. The van der Waals surface area contributed by atoms with Crippen molar-refractivity contribution < 1.29 is 19.4 Å². The smallest absolute Gasteiger partial charge is 0.329 e. The Morgan fingerprint density at radius 2 is 1.86 bits per heavy atom. The lowest BCUT2D eigenvalue weighted by Gasteiger charge is -2.25. The second-order valence-corrected chi connectivity index (χ2v) is 5.84. The Labute approximate surface area is 130 Å². The highest BCUT2D eigenvalue weighted by Crippen LogP contribution is 2.30. The standard InChI is InChI=1S/C17H23NO4/c1-22-14-9-7-13(8-10-14)5-4-6-15(19)18-17(16(20)21)11-2-3-12-17/h7-10H,2-6,11-12H2,1H3,(H,18,19)(H,20,21). The van der Waals surface area contributed by atoms with Gasteiger partial charge in [-0.1, -0.05) is 25.0 Å². The number of carbonyl (C=O) groups is 2. The van der Waals surface area contributed by atoms with Gasteiger partial charge in [-0.2, -0.15) is 0 Å². The van der Waals surface area contributed by atoms with Gasteiger partial charge in [0.05, 0.1) is 7.11 Å². The highest BCUT2D eigenvalue weighted by atomic mass is 16.5. The highest BCUT2D eigenvalue weighted by molar-refractivity contribution is 5.87. The van der Waals surface area contributed by atoms with Crippen LogP contribution in [0.3, 0.4) is 0 Å². The van der Waals surface area contributed by atoms with Crippen molar-refractivity contribution in [2.75, 3.05) is 7.11 Å². The maximum atomic E-state index is 12.0. The lowest BCUT2D eigenvalue weighted by atomic mass is 9.97. The molecule has 1 saturated carbocycles. The van der Waals surface area contributed by atoms with Crippen LogP contribution in [0.4, 0.5) is 0 Å². The van der Waals surface area contributed by atoms with E-state index in [-0.39, 0.29) is 5.91 Å². The fraction of sp³-hybridized carbons (Fsp3) is 0.529. The van der Waals surface area contributed by atoms with Gasteiger partial charge in [0.1, 0.15) is 11.3 Å². The number of carbonyl (C=O) groups excluding carboxylic acids is 1. The van der Waals surface area contributed by atoms with E-state index in [0.29, 0.717) is 25.7 Å². The monoisotopic (exact) mass is 305 g/mol. The molecule has 0 radical (unpaired) electrons. The first kappa shape index (κ1) is 16.3. The molecule has 0 heterocycles. The van der Waals surface area contributed by atoms with Crippen molar-refractivity contribution >= 4 is 11.9 Å². The minimum Gasteiger partial charge on any atom is -0.497 e. The molecule has 1 aromatic carbocycles. The number of nitrogens with one attached hydrogen (secondary N) is 1. The van der Waals surface area contributed by atoms with Gasteiger partial charge in [0, 0.05) is 6.42 Å². The zero-order valence-electron chi connectivity index (χ0n) is 12.9. The van der Waals surface area contributed by atoms with Gasteiger partial charge in [-0.15, -0.1) is 0 Å². The van der Waals surface area contributed by atoms with Crippen LogP contribution in [0.15, 0.2) is 24.3 Å². The molecule has 0 aliphatic heterocycles. The minimum atomic E-state index is -1.03. The van der Waals surface area contributed by atoms with Crippen LogP contribution >= 0.6 is 0 Å². The predicted molar refractivity (Wildman–Crippen MR) is 82.9 cm³/mol. The zero-order valence-corrected chi connectivity index (χ0v) is 12.9. The first-order valence-corrected chi connectivity index (χ1v) is 7.73. The van der Waals surface area contributed by atoms with Crippen molar-refractivity contribution in [3.05, 3.63) is 29.8 Å². The summed E-state index contributed by atoms with van der Waals surface area (Å²) in [4.78, 5) is 23.4. The summed E-state index contributed by atoms with van der Waals surface area (Å²) in [7, 11) is 1.63. The van der Waals surface area contributed by atoms with Crippen LogP contribution in [0.5, 0.6) is 5.75 Å². The third-order valence-electron chi connectivity index (χ3n) is 4.27. The van der Waals surface area contributed by atoms with Crippen LogP contribution in [0.2, 0.25) is 0 Å². The van der Waals surface area contributed by atoms with Crippen LogP contribution in [-0.2, 0) is 16.0 Å². The molecule has 1 amide bonds. The van der Waals surface area contributed by atoms with E-state index in [1.165, 1.54) is 0 Å². The lowest BCUT2D eigenvalue weighted by molar-refractivity contribution is -0.147. The fourth-order valence-corrected chi connectivity index (χ4v) is 2.95. The van der Waals surface area contributed by atoms with E-state index >= 15 is 0 Å². The minimum absolute atomic E-state index is 0.169. The molecule has 0 atom stereocenters. The van der Waals surface area contributed by atoms with Gasteiger partial charge in [0.25, 0.3) is 0 Å². The quantitative estimate of drug-likeness (QED) is 0.811. The number of hydrogen-bond donors (Lipinski definition) is 2. The van der Waals surface area contributed by atoms with Gasteiger partial charge < -0.3 is 15.2 Å². The molecule has 0 spiro atoms. The number of amides is 1. The van der Waals surface area contributed by atoms with E-state index in [1.807, 2.05) is 24.3 Å². The largest absolute Gasteiger partial charge is 0.497 e. The van der Waals surface area contributed by atoms with E-state index < -0.39 is 11.5 Å². The molecule has 0 unspecified atom stereocenters. The normalized spacial score (nSPS) is 16.2. The number of hydrogen-bond acceptors (Lipinski definition) is 3. The van der Waals surface area contributed by atoms with Crippen LogP contribution in [0, 0.1) is 0 Å². The SMILES string of the molecule is COc1ccc(CCCC(=O)NC2(C(=O)O)CCCC2)cc1. The second-order valence-electron chi connectivity index (χ2n) is 5.84. The molecule has 5 heteroatoms. The molecule has 2 rings (SSSR count). The second kappa shape index (κ2) is 7.29. The van der Waals surface area contributed by atoms with Crippen LogP contribution < -0.4 is 10.1 Å². The maximum absolute atomic E-state index is 12.0. The van der Waals surface area contributed by atoms with E-state index in [1.54, 1.807) is 7.11 Å². The Morgan fingerprint density at radius 3 is 2.41 bits per heavy atom. The molecule has 5 nitrogen and oxygen atoms in total. The molecular weight excluding hydrogens is 282 g/mol. The van der Waals surface area contributed by atoms with Crippen LogP contribution in [0.1, 0.15) is 44.1 Å². The molecule has 0 aromatic heterocycles. The van der Waals surface area contributed by atoms with Crippen molar-refractivity contribution in [3.63, 3.8) is 0 Å². The summed E-state index contributed by atoms with van der Waals surface area (Å²) in [5, 5.41) is 12.1. The zero-order chi connectivity index (χ0) is 16.0. The predicted octanol–water partition coefficient (Wildman–Crippen LogP) is 2.53. The Morgan fingerprint density at radius 1 is 1.23 bits per heavy atom. The number of aryl methyl sites for hydroxylation is 1. The molecule has 1 aromatic rings. The van der Waals surface area contributed by atoms with E-state index in [4.69, 9.17) is 4.74 Å². The molecule has 120 valence electrons. The highest BCUT2D eigenvalue weighted by Gasteiger charge is 2.42. The van der Waals surface area contributed by atoms with E-state index in [0.717, 1.165) is 30.6 Å². The van der Waals surface area contributed by atoms with Gasteiger partial charge >= 0.3 is 5.97 Å². The number of carboxylic acids is 1. The summed E-state index contributed by atoms with van der Waals surface area (Å²) in [5.41, 5.74) is 0.111. The summed E-state index contributed by atoms with van der Waals surface area (Å²) in [6.45, 7) is 0. The van der Waals surface area contributed by atoms with Crippen molar-refractivity contribution in [2.24, 2.45) is 0 Å². The Hall–Kier alpha value is -2.04. The topological polar surface area (TPSA) is 75.6 Å². The van der Waals surface area contributed by atoms with Crippen molar-refractivity contribution in [3.8, 4) is 5.75 Å². The number of aliphatic carboxylic acids is 1. The summed E-state index contributed by atoms with van der Waals surface area (Å²) in [5.74, 6) is -0.266. The molecule has 0 saturated heterocycles. The first-order valence-electron chi connectivity index (χ1n) is 7.73. The van der Waals surface area contributed by atoms with E-state index in [2.05, 4.69) is 5.32 Å². The third-order valence-corrected chi connectivity index (χ3v) is 4.27. The summed E-state index contributed by atoms with van der Waals surface area (Å²) in [6, 6.07) is 7.75. The first-order chi connectivity index (χ1) is 10.6. The molecule has 1 fully saturated rings. The van der Waals surface area contributed by atoms with Gasteiger partial charge in [-0.3, -0.25) is 4.79 Å². The van der Waals surface area contributed by atoms with Gasteiger partial charge in [0.2, 0.25) is 5.91 Å². The van der Waals surface area contributed by atoms with Crippen LogP contribution in [0.25, 0.3) is 0 Å². The molecule has 1 aliphatic rings. The summed E-state index contributed by atoms with van der Waals surface area (Å²) >= 11 is 0. The van der Waals surface area contributed by atoms with Crippen molar-refractivity contribution in [2.45, 2.75) is 50.5 Å². The molecule has 2 N–H and O–H groups in total. The lowest BCUT2D eigenvalue weighted by Crippen LogP contribution is -2.52. The van der Waals surface area contributed by atoms with Gasteiger partial charge in [-0.25, -0.2) is 4.79 Å². The number of ether oxygens (including phenoxy) is 1. The Bertz CT molecular complexity index is 518. The number of benzene rings is 1. The Kier molecular flexibility index (Phi) is 5.41. The fourth-order valence-electron chi connectivity index (χ4n) is 2.95. The summed E-state index contributed by atoms with van der Waals surface area (Å²) < 4.78 is 5.10. The number of carboxylic acid groups (broad SMARTS) is 1. The Balaban J connectivity index is 1.78. The molecule has 22 heavy (non-hydrogen) atoms. The number of methoxy groups -OCH3 is 1. The third kappa shape index (κ3) is 4.00. The molecular formula is C17H23NO4. The van der Waals surface area contributed by atoms with Gasteiger partial charge in [0.15, 0.2) is 0 Å². The van der Waals surface area contributed by atoms with Crippen molar-refractivity contribution in [1.29, 1.82) is 0 Å².